The minimum absolute atomic E-state index is 0.166. The van der Waals surface area contributed by atoms with Crippen LogP contribution >= 0.6 is 0 Å². The van der Waals surface area contributed by atoms with Crippen LogP contribution in [0.5, 0.6) is 0 Å². The van der Waals surface area contributed by atoms with Gasteiger partial charge in [-0.05, 0) is 25.5 Å². The van der Waals surface area contributed by atoms with Crippen LogP contribution < -0.4 is 10.6 Å². The number of nitrogens with one attached hydrogen (secondary N) is 2. The highest BCUT2D eigenvalue weighted by Gasteiger charge is 2.17. The summed E-state index contributed by atoms with van der Waals surface area (Å²) in [5, 5.41) is 6.87. The molecule has 0 amide bonds. The molecule has 0 aromatic carbocycles. The van der Waals surface area contributed by atoms with Crippen molar-refractivity contribution in [1.82, 2.24) is 15.5 Å². The molecule has 2 fully saturated rings. The predicted molar refractivity (Wildman–Crippen MR) is 108 cm³/mol. The van der Waals surface area contributed by atoms with Gasteiger partial charge in [0.1, 0.15) is 5.76 Å². The monoisotopic (exact) mass is 394 g/mol. The van der Waals surface area contributed by atoms with Crippen LogP contribution in [-0.4, -0.2) is 88.8 Å². The molecular formula is C20H34N4O4. The first-order valence-electron chi connectivity index (χ1n) is 10.4. The highest BCUT2D eigenvalue weighted by atomic mass is 16.5. The van der Waals surface area contributed by atoms with E-state index in [4.69, 9.17) is 23.6 Å². The van der Waals surface area contributed by atoms with Crippen LogP contribution in [0.15, 0.2) is 27.8 Å². The first-order chi connectivity index (χ1) is 13.8. The van der Waals surface area contributed by atoms with Crippen LogP contribution in [-0.2, 0) is 20.6 Å². The predicted octanol–water partition coefficient (Wildman–Crippen LogP) is 0.884. The van der Waals surface area contributed by atoms with Gasteiger partial charge in [-0.15, -0.1) is 0 Å². The lowest BCUT2D eigenvalue weighted by molar-refractivity contribution is 0.0347. The van der Waals surface area contributed by atoms with Crippen molar-refractivity contribution in [3.05, 3.63) is 24.2 Å². The van der Waals surface area contributed by atoms with Gasteiger partial charge in [0.2, 0.25) is 0 Å². The summed E-state index contributed by atoms with van der Waals surface area (Å²) in [6, 6.07) is 4.07. The zero-order valence-corrected chi connectivity index (χ0v) is 16.9. The molecule has 3 rings (SSSR count). The van der Waals surface area contributed by atoms with Gasteiger partial charge in [0, 0.05) is 45.2 Å². The van der Waals surface area contributed by atoms with Crippen molar-refractivity contribution in [2.24, 2.45) is 4.99 Å². The number of aliphatic imine (C=N–C) groups is 1. The molecule has 2 saturated heterocycles. The quantitative estimate of drug-likeness (QED) is 0.450. The summed E-state index contributed by atoms with van der Waals surface area (Å²) in [7, 11) is 0. The zero-order valence-electron chi connectivity index (χ0n) is 16.9. The Bertz CT molecular complexity index is 555. The van der Waals surface area contributed by atoms with Crippen molar-refractivity contribution < 1.29 is 18.6 Å². The second kappa shape index (κ2) is 12.1. The van der Waals surface area contributed by atoms with Crippen molar-refractivity contribution in [2.45, 2.75) is 31.9 Å². The minimum atomic E-state index is 0.166. The molecule has 2 N–H and O–H groups in total. The van der Waals surface area contributed by atoms with Gasteiger partial charge < -0.3 is 29.3 Å². The van der Waals surface area contributed by atoms with E-state index in [0.717, 1.165) is 77.1 Å². The molecule has 2 aliphatic heterocycles. The Morgan fingerprint density at radius 2 is 2.21 bits per heavy atom. The van der Waals surface area contributed by atoms with Gasteiger partial charge in [-0.25, -0.2) is 0 Å². The minimum Gasteiger partial charge on any atom is -0.469 e. The number of morpholine rings is 1. The van der Waals surface area contributed by atoms with Gasteiger partial charge in [0.25, 0.3) is 0 Å². The smallest absolute Gasteiger partial charge is 0.191 e. The molecule has 2 aliphatic rings. The number of furan rings is 1. The van der Waals surface area contributed by atoms with E-state index in [1.807, 2.05) is 12.1 Å². The van der Waals surface area contributed by atoms with Crippen LogP contribution in [0.2, 0.25) is 0 Å². The fraction of sp³-hybridized carbons (Fsp3) is 0.750. The molecule has 28 heavy (non-hydrogen) atoms. The molecule has 2 atom stereocenters. The van der Waals surface area contributed by atoms with E-state index < -0.39 is 0 Å². The average Bonchev–Trinajstić information content (AvgIpc) is 3.41. The Kier molecular flexibility index (Phi) is 9.09. The van der Waals surface area contributed by atoms with Gasteiger partial charge in [0.15, 0.2) is 5.96 Å². The Labute approximate surface area is 167 Å². The van der Waals surface area contributed by atoms with Gasteiger partial charge in [0.05, 0.1) is 45.3 Å². The number of guanidine groups is 1. The van der Waals surface area contributed by atoms with E-state index >= 15 is 0 Å². The van der Waals surface area contributed by atoms with Gasteiger partial charge in [-0.1, -0.05) is 0 Å². The van der Waals surface area contributed by atoms with E-state index in [1.165, 1.54) is 0 Å². The standard InChI is InChI=1S/C20H34N4O4/c1-17(15-28-19-5-12-26-16-19)23-20(21-6-4-18-3-2-11-27-18)22-7-8-24-9-13-25-14-10-24/h2-3,11,17,19H,4-10,12-16H2,1H3,(H2,21,22,23). The van der Waals surface area contributed by atoms with Gasteiger partial charge in [-0.2, -0.15) is 0 Å². The molecule has 0 radical (unpaired) electrons. The van der Waals surface area contributed by atoms with E-state index in [2.05, 4.69) is 22.5 Å². The van der Waals surface area contributed by atoms with E-state index in [-0.39, 0.29) is 12.1 Å². The molecule has 3 heterocycles. The molecule has 0 aliphatic carbocycles. The maximum Gasteiger partial charge on any atom is 0.191 e. The van der Waals surface area contributed by atoms with Crippen molar-refractivity contribution in [1.29, 1.82) is 0 Å². The number of hydrogen-bond donors (Lipinski definition) is 2. The first kappa shape index (κ1) is 21.1. The maximum atomic E-state index is 5.92. The summed E-state index contributed by atoms with van der Waals surface area (Å²) in [5.41, 5.74) is 0. The SMILES string of the molecule is CC(COC1CCOC1)NC(=NCCN1CCOCC1)NCCc1ccco1. The molecule has 0 saturated carbocycles. The van der Waals surface area contributed by atoms with E-state index in [1.54, 1.807) is 6.26 Å². The summed E-state index contributed by atoms with van der Waals surface area (Å²) >= 11 is 0. The van der Waals surface area contributed by atoms with Gasteiger partial charge >= 0.3 is 0 Å². The molecule has 8 heteroatoms. The second-order valence-corrected chi connectivity index (χ2v) is 7.30. The Hall–Kier alpha value is -1.61. The average molecular weight is 395 g/mol. The van der Waals surface area contributed by atoms with Crippen LogP contribution in [0, 0.1) is 0 Å². The van der Waals surface area contributed by atoms with Crippen molar-refractivity contribution in [2.75, 3.05) is 65.8 Å². The van der Waals surface area contributed by atoms with Crippen molar-refractivity contribution in [3.63, 3.8) is 0 Å². The molecular weight excluding hydrogens is 360 g/mol. The number of hydrogen-bond acceptors (Lipinski definition) is 6. The van der Waals surface area contributed by atoms with Crippen LogP contribution in [0.1, 0.15) is 19.1 Å². The lowest BCUT2D eigenvalue weighted by atomic mass is 10.3. The van der Waals surface area contributed by atoms with Crippen molar-refractivity contribution in [3.8, 4) is 0 Å². The Balaban J connectivity index is 1.43. The maximum absolute atomic E-state index is 5.92. The molecule has 8 nitrogen and oxygen atoms in total. The third kappa shape index (κ3) is 7.79. The molecule has 158 valence electrons. The Morgan fingerprint density at radius 3 is 2.96 bits per heavy atom. The zero-order chi connectivity index (χ0) is 19.4. The summed E-state index contributed by atoms with van der Waals surface area (Å²) in [6.45, 7) is 10.3. The summed E-state index contributed by atoms with van der Waals surface area (Å²) in [5.74, 6) is 1.79. The highest BCUT2D eigenvalue weighted by Crippen LogP contribution is 2.08. The molecule has 1 aromatic heterocycles. The van der Waals surface area contributed by atoms with Crippen LogP contribution in [0.4, 0.5) is 0 Å². The first-order valence-corrected chi connectivity index (χ1v) is 10.4. The number of rotatable bonds is 10. The lowest BCUT2D eigenvalue weighted by Gasteiger charge is -2.26. The van der Waals surface area contributed by atoms with Crippen LogP contribution in [0.3, 0.4) is 0 Å². The van der Waals surface area contributed by atoms with E-state index in [9.17, 15) is 0 Å². The summed E-state index contributed by atoms with van der Waals surface area (Å²) in [6.07, 6.45) is 3.73. The summed E-state index contributed by atoms with van der Waals surface area (Å²) in [4.78, 5) is 7.15. The largest absolute Gasteiger partial charge is 0.469 e. The van der Waals surface area contributed by atoms with E-state index in [0.29, 0.717) is 13.2 Å². The molecule has 0 spiro atoms. The van der Waals surface area contributed by atoms with Crippen LogP contribution in [0.25, 0.3) is 0 Å². The normalized spacial score (nSPS) is 22.3. The van der Waals surface area contributed by atoms with Crippen molar-refractivity contribution >= 4 is 5.96 Å². The highest BCUT2D eigenvalue weighted by molar-refractivity contribution is 5.80. The number of nitrogens with zero attached hydrogens (tertiary/aromatic N) is 2. The third-order valence-electron chi connectivity index (χ3n) is 4.89. The summed E-state index contributed by atoms with van der Waals surface area (Å²) < 4.78 is 22.1. The second-order valence-electron chi connectivity index (χ2n) is 7.30. The topological polar surface area (TPSA) is 80.5 Å². The molecule has 0 bridgehead atoms. The molecule has 1 aromatic rings. The third-order valence-corrected chi connectivity index (χ3v) is 4.89. The number of ether oxygens (including phenoxy) is 3. The fourth-order valence-electron chi connectivity index (χ4n) is 3.24. The molecule has 2 unspecified atom stereocenters. The lowest BCUT2D eigenvalue weighted by Crippen LogP contribution is -2.45. The fourth-order valence-corrected chi connectivity index (χ4v) is 3.24. The van der Waals surface area contributed by atoms with Gasteiger partial charge in [-0.3, -0.25) is 9.89 Å². The Morgan fingerprint density at radius 1 is 1.32 bits per heavy atom.